The fraction of sp³-hybridized carbons (Fsp3) is 0.571. The quantitative estimate of drug-likeness (QED) is 0.799. The highest BCUT2D eigenvalue weighted by atomic mass is 35.5. The van der Waals surface area contributed by atoms with E-state index in [1.165, 1.54) is 0 Å². The van der Waals surface area contributed by atoms with E-state index in [9.17, 15) is 8.42 Å². The molecule has 0 aromatic heterocycles. The minimum Gasteiger partial charge on any atom is -0.492 e. The van der Waals surface area contributed by atoms with E-state index in [0.29, 0.717) is 17.2 Å². The normalized spacial score (nSPS) is 13.2. The monoisotopic (exact) mass is 319 g/mol. The topological polar surface area (TPSA) is 69.4 Å². The van der Waals surface area contributed by atoms with Crippen LogP contribution in [0.3, 0.4) is 0 Å². The molecule has 0 saturated heterocycles. The smallest absolute Gasteiger partial charge is 0.153 e. The molecule has 20 heavy (non-hydrogen) atoms. The number of hydrogen-bond acceptors (Lipinski definition) is 4. The van der Waals surface area contributed by atoms with Crippen LogP contribution in [0, 0.1) is 0 Å². The molecule has 1 aromatic rings. The number of benzene rings is 1. The Kier molecular flexibility index (Phi) is 6.79. The van der Waals surface area contributed by atoms with Crippen LogP contribution in [0.15, 0.2) is 18.2 Å². The van der Waals surface area contributed by atoms with Crippen molar-refractivity contribution in [2.24, 2.45) is 5.73 Å². The Bertz CT molecular complexity index is 531. The van der Waals surface area contributed by atoms with Crippen LogP contribution < -0.4 is 10.5 Å². The molecule has 0 heterocycles. The molecule has 114 valence electrons. The molecule has 1 unspecified atom stereocenters. The summed E-state index contributed by atoms with van der Waals surface area (Å²) in [6.07, 6.45) is 1.52. The first kappa shape index (κ1) is 17.3. The minimum absolute atomic E-state index is 0.0192. The lowest BCUT2D eigenvalue weighted by atomic mass is 10.0. The first-order valence-electron chi connectivity index (χ1n) is 6.75. The van der Waals surface area contributed by atoms with Crippen molar-refractivity contribution in [3.63, 3.8) is 0 Å². The molecule has 0 spiro atoms. The van der Waals surface area contributed by atoms with E-state index < -0.39 is 9.84 Å². The zero-order valence-corrected chi connectivity index (χ0v) is 13.5. The Balaban J connectivity index is 2.74. The number of nitrogens with two attached hydrogens (primary N) is 1. The number of hydrogen-bond donors (Lipinski definition) is 1. The zero-order chi connectivity index (χ0) is 15.2. The minimum atomic E-state index is -3.01. The number of ether oxygens (including phenoxy) is 1. The van der Waals surface area contributed by atoms with Crippen LogP contribution in [-0.2, 0) is 16.3 Å². The summed E-state index contributed by atoms with van der Waals surface area (Å²) in [4.78, 5) is 0. The molecule has 0 bridgehead atoms. The van der Waals surface area contributed by atoms with Gasteiger partial charge in [0.2, 0.25) is 0 Å². The Morgan fingerprint density at radius 2 is 2.05 bits per heavy atom. The molecule has 0 aliphatic rings. The third-order valence-corrected chi connectivity index (χ3v) is 5.02. The van der Waals surface area contributed by atoms with Gasteiger partial charge in [-0.3, -0.25) is 0 Å². The molecule has 1 atom stereocenters. The van der Waals surface area contributed by atoms with E-state index in [2.05, 4.69) is 0 Å². The highest BCUT2D eigenvalue weighted by molar-refractivity contribution is 7.91. The predicted molar refractivity (Wildman–Crippen MR) is 83.2 cm³/mol. The van der Waals surface area contributed by atoms with Gasteiger partial charge in [0.25, 0.3) is 0 Å². The average Bonchev–Trinajstić information content (AvgIpc) is 2.41. The maximum absolute atomic E-state index is 11.4. The number of halogens is 1. The highest BCUT2D eigenvalue weighted by Gasteiger charge is 2.11. The summed E-state index contributed by atoms with van der Waals surface area (Å²) in [7, 11) is -3.01. The summed E-state index contributed by atoms with van der Waals surface area (Å²) in [6.45, 7) is 3.79. The molecule has 0 radical (unpaired) electrons. The molecule has 4 nitrogen and oxygen atoms in total. The Hall–Kier alpha value is -0.780. The lowest BCUT2D eigenvalue weighted by molar-refractivity contribution is 0.336. The SMILES string of the molecule is CCC(N)Cc1cc(Cl)ccc1OCCS(=O)(=O)CC. The van der Waals surface area contributed by atoms with Gasteiger partial charge in [-0.05, 0) is 36.6 Å². The van der Waals surface area contributed by atoms with Gasteiger partial charge in [-0.1, -0.05) is 25.4 Å². The average molecular weight is 320 g/mol. The van der Waals surface area contributed by atoms with Gasteiger partial charge in [-0.2, -0.15) is 0 Å². The fourth-order valence-electron chi connectivity index (χ4n) is 1.70. The van der Waals surface area contributed by atoms with Crippen LogP contribution in [0.5, 0.6) is 5.75 Å². The molecular weight excluding hydrogens is 298 g/mol. The summed E-state index contributed by atoms with van der Waals surface area (Å²) in [5.41, 5.74) is 6.87. The van der Waals surface area contributed by atoms with Crippen LogP contribution in [-0.4, -0.2) is 32.6 Å². The summed E-state index contributed by atoms with van der Waals surface area (Å²) in [5, 5.41) is 0.622. The summed E-state index contributed by atoms with van der Waals surface area (Å²) >= 11 is 5.98. The van der Waals surface area contributed by atoms with Gasteiger partial charge in [-0.15, -0.1) is 0 Å². The zero-order valence-electron chi connectivity index (χ0n) is 11.9. The molecule has 0 aliphatic carbocycles. The maximum atomic E-state index is 11.4. The van der Waals surface area contributed by atoms with E-state index in [0.717, 1.165) is 12.0 Å². The molecule has 1 rings (SSSR count). The Morgan fingerprint density at radius 3 is 2.65 bits per heavy atom. The van der Waals surface area contributed by atoms with Gasteiger partial charge in [0.05, 0.1) is 5.75 Å². The van der Waals surface area contributed by atoms with Crippen molar-refractivity contribution in [3.8, 4) is 5.75 Å². The second-order valence-corrected chi connectivity index (χ2v) is 7.62. The van der Waals surface area contributed by atoms with Crippen molar-refractivity contribution in [2.45, 2.75) is 32.7 Å². The molecular formula is C14H22ClNO3S. The second kappa shape index (κ2) is 7.86. The standard InChI is InChI=1S/C14H22ClNO3S/c1-3-13(16)10-11-9-12(15)5-6-14(11)19-7-8-20(17,18)4-2/h5-6,9,13H,3-4,7-8,10,16H2,1-2H3. The molecule has 0 aliphatic heterocycles. The predicted octanol–water partition coefficient (Wildman–Crippen LogP) is 2.43. The summed E-state index contributed by atoms with van der Waals surface area (Å²) < 4.78 is 28.4. The van der Waals surface area contributed by atoms with E-state index in [4.69, 9.17) is 22.1 Å². The first-order valence-corrected chi connectivity index (χ1v) is 8.95. The van der Waals surface area contributed by atoms with Gasteiger partial charge in [0, 0.05) is 16.8 Å². The van der Waals surface area contributed by atoms with Gasteiger partial charge in [0.15, 0.2) is 9.84 Å². The van der Waals surface area contributed by atoms with E-state index in [-0.39, 0.29) is 24.2 Å². The van der Waals surface area contributed by atoms with Crippen LogP contribution in [0.25, 0.3) is 0 Å². The summed E-state index contributed by atoms with van der Waals surface area (Å²) in [6, 6.07) is 5.35. The van der Waals surface area contributed by atoms with Gasteiger partial charge >= 0.3 is 0 Å². The van der Waals surface area contributed by atoms with E-state index >= 15 is 0 Å². The van der Waals surface area contributed by atoms with Crippen molar-refractivity contribution in [1.82, 2.24) is 0 Å². The van der Waals surface area contributed by atoms with Crippen molar-refractivity contribution in [1.29, 1.82) is 0 Å². The van der Waals surface area contributed by atoms with Crippen LogP contribution in [0.4, 0.5) is 0 Å². The largest absolute Gasteiger partial charge is 0.492 e. The lowest BCUT2D eigenvalue weighted by Crippen LogP contribution is -2.22. The van der Waals surface area contributed by atoms with Gasteiger partial charge in [-0.25, -0.2) is 8.42 Å². The fourth-order valence-corrected chi connectivity index (χ4v) is 2.52. The molecule has 0 fully saturated rings. The Labute approximate surface area is 126 Å². The highest BCUT2D eigenvalue weighted by Crippen LogP contribution is 2.24. The van der Waals surface area contributed by atoms with Crippen LogP contribution in [0.2, 0.25) is 5.02 Å². The van der Waals surface area contributed by atoms with E-state index in [1.807, 2.05) is 13.0 Å². The van der Waals surface area contributed by atoms with Gasteiger partial charge < -0.3 is 10.5 Å². The van der Waals surface area contributed by atoms with Crippen LogP contribution in [0.1, 0.15) is 25.8 Å². The molecule has 1 aromatic carbocycles. The molecule has 0 amide bonds. The number of rotatable bonds is 8. The Morgan fingerprint density at radius 1 is 1.35 bits per heavy atom. The third kappa shape index (κ3) is 5.69. The van der Waals surface area contributed by atoms with Crippen LogP contribution >= 0.6 is 11.6 Å². The second-order valence-electron chi connectivity index (χ2n) is 4.71. The van der Waals surface area contributed by atoms with Crippen molar-refractivity contribution in [3.05, 3.63) is 28.8 Å². The lowest BCUT2D eigenvalue weighted by Gasteiger charge is -2.15. The molecule has 6 heteroatoms. The molecule has 0 saturated carbocycles. The molecule has 2 N–H and O–H groups in total. The van der Waals surface area contributed by atoms with Crippen molar-refractivity contribution < 1.29 is 13.2 Å². The third-order valence-electron chi connectivity index (χ3n) is 3.12. The van der Waals surface area contributed by atoms with E-state index in [1.54, 1.807) is 19.1 Å². The number of sulfone groups is 1. The van der Waals surface area contributed by atoms with Crippen molar-refractivity contribution in [2.75, 3.05) is 18.1 Å². The maximum Gasteiger partial charge on any atom is 0.153 e. The van der Waals surface area contributed by atoms with Gasteiger partial charge in [0.1, 0.15) is 12.4 Å². The first-order chi connectivity index (χ1) is 9.38. The summed E-state index contributed by atoms with van der Waals surface area (Å²) in [5.74, 6) is 0.806. The van der Waals surface area contributed by atoms with Crippen molar-refractivity contribution >= 4 is 21.4 Å².